The molecule has 0 aromatic carbocycles. The van der Waals surface area contributed by atoms with Gasteiger partial charge in [0.15, 0.2) is 0 Å². The third-order valence-electron chi connectivity index (χ3n) is 1.75. The number of rotatable bonds is 4. The molecule has 0 N–H and O–H groups in total. The molecule has 16 heavy (non-hydrogen) atoms. The molecule has 7 heteroatoms. The van der Waals surface area contributed by atoms with E-state index in [0.29, 0.717) is 0 Å². The van der Waals surface area contributed by atoms with Crippen LogP contribution in [0.4, 0.5) is 4.79 Å². The number of methoxy groups -OCH3 is 2. The Morgan fingerprint density at radius 1 is 0.938 bits per heavy atom. The molecule has 0 saturated heterocycles. The van der Waals surface area contributed by atoms with E-state index in [1.807, 2.05) is 0 Å². The van der Waals surface area contributed by atoms with Crippen LogP contribution >= 0.6 is 0 Å². The van der Waals surface area contributed by atoms with E-state index < -0.39 is 18.0 Å². The summed E-state index contributed by atoms with van der Waals surface area (Å²) in [6.45, 7) is -0.578. The zero-order chi connectivity index (χ0) is 12.7. The number of carbonyl (C=O) groups excluding carboxylic acids is 3. The first-order chi connectivity index (χ1) is 7.42. The van der Waals surface area contributed by atoms with Crippen LogP contribution in [0.15, 0.2) is 0 Å². The van der Waals surface area contributed by atoms with Crippen molar-refractivity contribution in [1.82, 2.24) is 9.80 Å². The van der Waals surface area contributed by atoms with Crippen molar-refractivity contribution in [2.75, 3.05) is 41.4 Å². The van der Waals surface area contributed by atoms with Gasteiger partial charge in [-0.1, -0.05) is 0 Å². The average molecular weight is 232 g/mol. The molecule has 0 aliphatic carbocycles. The lowest BCUT2D eigenvalue weighted by atomic mass is 10.5. The van der Waals surface area contributed by atoms with E-state index in [1.165, 1.54) is 33.2 Å². The van der Waals surface area contributed by atoms with Crippen molar-refractivity contribution in [3.8, 4) is 0 Å². The van der Waals surface area contributed by atoms with E-state index in [0.717, 1.165) is 4.90 Å². The lowest BCUT2D eigenvalue weighted by molar-refractivity contribution is -0.144. The second-order valence-corrected chi connectivity index (χ2v) is 3.19. The number of ether oxygens (including phenoxy) is 2. The van der Waals surface area contributed by atoms with Crippen molar-refractivity contribution >= 4 is 18.0 Å². The minimum Gasteiger partial charge on any atom is -0.468 e. The first-order valence-corrected chi connectivity index (χ1v) is 4.52. The minimum absolute atomic E-state index is 0.289. The van der Waals surface area contributed by atoms with Crippen LogP contribution in [0.1, 0.15) is 0 Å². The Balaban J connectivity index is 4.56. The van der Waals surface area contributed by atoms with Gasteiger partial charge in [-0.05, 0) is 0 Å². The van der Waals surface area contributed by atoms with E-state index >= 15 is 0 Å². The summed E-state index contributed by atoms with van der Waals surface area (Å²) in [5.41, 5.74) is 0. The molecule has 0 saturated carbocycles. The van der Waals surface area contributed by atoms with E-state index in [1.54, 1.807) is 0 Å². The molecule has 0 heterocycles. The zero-order valence-corrected chi connectivity index (χ0v) is 9.85. The van der Waals surface area contributed by atoms with Crippen LogP contribution in [-0.2, 0) is 19.1 Å². The number of carbonyl (C=O) groups is 3. The molecule has 92 valence electrons. The van der Waals surface area contributed by atoms with Crippen molar-refractivity contribution in [2.45, 2.75) is 0 Å². The molecule has 0 aromatic heterocycles. The van der Waals surface area contributed by atoms with Gasteiger partial charge in [-0.2, -0.15) is 0 Å². The molecule has 2 amide bonds. The van der Waals surface area contributed by atoms with Gasteiger partial charge in [0.05, 0.1) is 14.2 Å². The summed E-state index contributed by atoms with van der Waals surface area (Å²) in [6, 6.07) is -0.462. The Morgan fingerprint density at radius 3 is 1.56 bits per heavy atom. The topological polar surface area (TPSA) is 76.1 Å². The molecular weight excluding hydrogens is 216 g/mol. The maximum absolute atomic E-state index is 11.6. The SMILES string of the molecule is COC(=O)CN(CC(=O)OC)C(=O)N(C)C. The lowest BCUT2D eigenvalue weighted by Gasteiger charge is -2.23. The molecule has 0 rings (SSSR count). The Bertz CT molecular complexity index is 259. The van der Waals surface area contributed by atoms with Gasteiger partial charge >= 0.3 is 18.0 Å². The number of nitrogens with zero attached hydrogens (tertiary/aromatic N) is 2. The smallest absolute Gasteiger partial charge is 0.325 e. The van der Waals surface area contributed by atoms with Crippen LogP contribution < -0.4 is 0 Å². The first-order valence-electron chi connectivity index (χ1n) is 4.52. The highest BCUT2D eigenvalue weighted by atomic mass is 16.5. The molecule has 7 nitrogen and oxygen atoms in total. The number of hydrogen-bond donors (Lipinski definition) is 0. The Hall–Kier alpha value is -1.79. The lowest BCUT2D eigenvalue weighted by Crippen LogP contribution is -2.45. The molecular formula is C9H16N2O5. The van der Waals surface area contributed by atoms with Gasteiger partial charge in [0.1, 0.15) is 13.1 Å². The Kier molecular flexibility index (Phi) is 5.91. The average Bonchev–Trinajstić information content (AvgIpc) is 2.26. The monoisotopic (exact) mass is 232 g/mol. The maximum Gasteiger partial charge on any atom is 0.325 e. The normalized spacial score (nSPS) is 9.25. The van der Waals surface area contributed by atoms with Gasteiger partial charge in [0, 0.05) is 14.1 Å². The van der Waals surface area contributed by atoms with Crippen LogP contribution in [0.3, 0.4) is 0 Å². The van der Waals surface area contributed by atoms with Crippen LogP contribution in [0.2, 0.25) is 0 Å². The molecule has 0 bridgehead atoms. The summed E-state index contributed by atoms with van der Waals surface area (Å²) in [6.07, 6.45) is 0. The quantitative estimate of drug-likeness (QED) is 0.600. The van der Waals surface area contributed by atoms with E-state index in [-0.39, 0.29) is 13.1 Å². The van der Waals surface area contributed by atoms with Gasteiger partial charge < -0.3 is 19.3 Å². The molecule has 0 spiro atoms. The summed E-state index contributed by atoms with van der Waals surface area (Å²) in [5, 5.41) is 0. The molecule has 0 atom stereocenters. The molecule has 0 aliphatic rings. The maximum atomic E-state index is 11.6. The van der Waals surface area contributed by atoms with Crippen molar-refractivity contribution in [3.63, 3.8) is 0 Å². The van der Waals surface area contributed by atoms with E-state index in [9.17, 15) is 14.4 Å². The minimum atomic E-state index is -0.598. The standard InChI is InChI=1S/C9H16N2O5/c1-10(2)9(14)11(5-7(12)15-3)6-8(13)16-4/h5-6H2,1-4H3. The highest BCUT2D eigenvalue weighted by molar-refractivity contribution is 5.84. The third kappa shape index (κ3) is 4.63. The second kappa shape index (κ2) is 6.65. The van der Waals surface area contributed by atoms with Crippen molar-refractivity contribution in [3.05, 3.63) is 0 Å². The Labute approximate surface area is 93.9 Å². The van der Waals surface area contributed by atoms with E-state index in [2.05, 4.69) is 9.47 Å². The largest absolute Gasteiger partial charge is 0.468 e. The fraction of sp³-hybridized carbons (Fsp3) is 0.667. The highest BCUT2D eigenvalue weighted by Gasteiger charge is 2.22. The van der Waals surface area contributed by atoms with Crippen LogP contribution in [0.25, 0.3) is 0 Å². The van der Waals surface area contributed by atoms with Crippen LogP contribution in [-0.4, -0.2) is 69.2 Å². The molecule has 0 aromatic rings. The van der Waals surface area contributed by atoms with Gasteiger partial charge in [-0.15, -0.1) is 0 Å². The van der Waals surface area contributed by atoms with Gasteiger partial charge in [-0.25, -0.2) is 4.79 Å². The van der Waals surface area contributed by atoms with Crippen molar-refractivity contribution in [2.24, 2.45) is 0 Å². The zero-order valence-electron chi connectivity index (χ0n) is 9.85. The van der Waals surface area contributed by atoms with Gasteiger partial charge in [0.2, 0.25) is 0 Å². The van der Waals surface area contributed by atoms with Gasteiger partial charge in [-0.3, -0.25) is 9.59 Å². The molecule has 0 fully saturated rings. The first kappa shape index (κ1) is 14.2. The van der Waals surface area contributed by atoms with Crippen LogP contribution in [0, 0.1) is 0 Å². The summed E-state index contributed by atoms with van der Waals surface area (Å²) in [7, 11) is 5.45. The number of urea groups is 1. The summed E-state index contributed by atoms with van der Waals surface area (Å²) in [5.74, 6) is -1.20. The fourth-order valence-electron chi connectivity index (χ4n) is 0.915. The summed E-state index contributed by atoms with van der Waals surface area (Å²) >= 11 is 0. The molecule has 0 unspecified atom stereocenters. The van der Waals surface area contributed by atoms with Crippen molar-refractivity contribution < 1.29 is 23.9 Å². The predicted molar refractivity (Wildman–Crippen MR) is 54.7 cm³/mol. The molecule has 0 radical (unpaired) electrons. The Morgan fingerprint density at radius 2 is 1.31 bits per heavy atom. The third-order valence-corrected chi connectivity index (χ3v) is 1.75. The summed E-state index contributed by atoms with van der Waals surface area (Å²) < 4.78 is 8.84. The fourth-order valence-corrected chi connectivity index (χ4v) is 0.915. The summed E-state index contributed by atoms with van der Waals surface area (Å²) in [4.78, 5) is 35.9. The van der Waals surface area contributed by atoms with Crippen LogP contribution in [0.5, 0.6) is 0 Å². The second-order valence-electron chi connectivity index (χ2n) is 3.19. The number of hydrogen-bond acceptors (Lipinski definition) is 5. The van der Waals surface area contributed by atoms with Gasteiger partial charge in [0.25, 0.3) is 0 Å². The predicted octanol–water partition coefficient (Wildman–Crippen LogP) is -0.684. The molecule has 0 aliphatic heterocycles. The van der Waals surface area contributed by atoms with E-state index in [4.69, 9.17) is 0 Å². The number of amides is 2. The highest BCUT2D eigenvalue weighted by Crippen LogP contribution is 1.96. The number of esters is 2. The van der Waals surface area contributed by atoms with Crippen molar-refractivity contribution in [1.29, 1.82) is 0 Å².